The van der Waals surface area contributed by atoms with Crippen LogP contribution in [0.1, 0.15) is 56.2 Å². The standard InChI is InChI=1S/C24H36N4O2/c1-18(29)25-22-16-24(21-7-5-4-6-20(21)22)10-14-28(15-11-24)17-23(30)27(3)19-8-12-26(2)13-9-19/h4-7,19,22H,8-17H2,1-3H3,(H,25,29)/t22-/m0/s1. The Morgan fingerprint density at radius 2 is 1.80 bits per heavy atom. The van der Waals surface area contributed by atoms with E-state index in [1.807, 2.05) is 11.9 Å². The van der Waals surface area contributed by atoms with Crippen LogP contribution in [0.15, 0.2) is 24.3 Å². The predicted molar refractivity (Wildman–Crippen MR) is 118 cm³/mol. The van der Waals surface area contributed by atoms with Gasteiger partial charge in [-0.2, -0.15) is 0 Å². The molecule has 2 fully saturated rings. The number of fused-ring (bicyclic) bond motifs is 2. The highest BCUT2D eigenvalue weighted by Crippen LogP contribution is 2.50. The molecule has 1 spiro atoms. The Kier molecular flexibility index (Phi) is 6.16. The number of nitrogens with zero attached hydrogens (tertiary/aromatic N) is 3. The van der Waals surface area contributed by atoms with E-state index in [1.165, 1.54) is 11.1 Å². The number of rotatable bonds is 4. The third kappa shape index (κ3) is 4.26. The van der Waals surface area contributed by atoms with Crippen molar-refractivity contribution in [3.63, 3.8) is 0 Å². The average Bonchev–Trinajstić information content (AvgIpc) is 3.02. The summed E-state index contributed by atoms with van der Waals surface area (Å²) in [6.45, 7) is 6.15. The van der Waals surface area contributed by atoms with Crippen LogP contribution >= 0.6 is 0 Å². The molecule has 0 saturated carbocycles. The van der Waals surface area contributed by atoms with Gasteiger partial charge in [-0.05, 0) is 76.5 Å². The van der Waals surface area contributed by atoms with E-state index in [9.17, 15) is 9.59 Å². The summed E-state index contributed by atoms with van der Waals surface area (Å²) in [5.41, 5.74) is 2.81. The summed E-state index contributed by atoms with van der Waals surface area (Å²) in [7, 11) is 4.13. The van der Waals surface area contributed by atoms with Gasteiger partial charge in [0.05, 0.1) is 12.6 Å². The van der Waals surface area contributed by atoms with Crippen molar-refractivity contribution in [2.24, 2.45) is 0 Å². The van der Waals surface area contributed by atoms with E-state index in [2.05, 4.69) is 46.4 Å². The van der Waals surface area contributed by atoms with Crippen LogP contribution in [0, 0.1) is 0 Å². The summed E-state index contributed by atoms with van der Waals surface area (Å²) in [5.74, 6) is 0.287. The minimum absolute atomic E-state index is 0.0341. The zero-order valence-corrected chi connectivity index (χ0v) is 18.7. The number of likely N-dealkylation sites (tertiary alicyclic amines) is 2. The largest absolute Gasteiger partial charge is 0.349 e. The van der Waals surface area contributed by atoms with Crippen LogP contribution < -0.4 is 5.32 Å². The molecule has 1 aromatic rings. The second kappa shape index (κ2) is 8.67. The molecule has 3 aliphatic rings. The van der Waals surface area contributed by atoms with Crippen LogP contribution in [0.3, 0.4) is 0 Å². The number of amides is 2. The summed E-state index contributed by atoms with van der Waals surface area (Å²) >= 11 is 0. The maximum absolute atomic E-state index is 12.9. The van der Waals surface area contributed by atoms with Crippen LogP contribution in [0.25, 0.3) is 0 Å². The molecule has 1 atom stereocenters. The smallest absolute Gasteiger partial charge is 0.236 e. The molecule has 1 aliphatic carbocycles. The van der Waals surface area contributed by atoms with E-state index < -0.39 is 0 Å². The molecule has 0 unspecified atom stereocenters. The zero-order valence-electron chi connectivity index (χ0n) is 18.7. The first-order chi connectivity index (χ1) is 14.4. The van der Waals surface area contributed by atoms with Gasteiger partial charge in [0.25, 0.3) is 0 Å². The number of hydrogen-bond donors (Lipinski definition) is 1. The van der Waals surface area contributed by atoms with E-state index in [0.29, 0.717) is 12.6 Å². The molecule has 0 bridgehead atoms. The van der Waals surface area contributed by atoms with Gasteiger partial charge in [-0.1, -0.05) is 24.3 Å². The van der Waals surface area contributed by atoms with Crippen LogP contribution in [-0.2, 0) is 15.0 Å². The summed E-state index contributed by atoms with van der Waals surface area (Å²) in [4.78, 5) is 31.3. The number of likely N-dealkylation sites (N-methyl/N-ethyl adjacent to an activating group) is 1. The number of benzene rings is 1. The Labute approximate surface area is 180 Å². The molecule has 4 rings (SSSR count). The number of nitrogens with one attached hydrogen (secondary N) is 1. The maximum Gasteiger partial charge on any atom is 0.236 e. The molecule has 2 amide bonds. The average molecular weight is 413 g/mol. The molecule has 30 heavy (non-hydrogen) atoms. The first-order valence-corrected chi connectivity index (χ1v) is 11.4. The molecule has 2 heterocycles. The number of hydrogen-bond acceptors (Lipinski definition) is 4. The lowest BCUT2D eigenvalue weighted by Crippen LogP contribution is -2.50. The van der Waals surface area contributed by atoms with E-state index in [0.717, 1.165) is 58.3 Å². The summed E-state index contributed by atoms with van der Waals surface area (Å²) in [5, 5.41) is 3.15. The van der Waals surface area contributed by atoms with Crippen molar-refractivity contribution in [2.45, 2.75) is 56.5 Å². The lowest BCUT2D eigenvalue weighted by molar-refractivity contribution is -0.134. The fourth-order valence-electron chi connectivity index (χ4n) is 5.77. The van der Waals surface area contributed by atoms with Gasteiger partial charge in [-0.15, -0.1) is 0 Å². The van der Waals surface area contributed by atoms with Gasteiger partial charge in [0, 0.05) is 25.4 Å². The highest BCUT2D eigenvalue weighted by atomic mass is 16.2. The van der Waals surface area contributed by atoms with Crippen molar-refractivity contribution < 1.29 is 9.59 Å². The van der Waals surface area contributed by atoms with E-state index in [-0.39, 0.29) is 23.3 Å². The molecule has 2 saturated heterocycles. The minimum atomic E-state index is 0.0341. The first kappa shape index (κ1) is 21.3. The van der Waals surface area contributed by atoms with E-state index in [1.54, 1.807) is 6.92 Å². The van der Waals surface area contributed by atoms with Crippen molar-refractivity contribution in [3.05, 3.63) is 35.4 Å². The molecule has 0 radical (unpaired) electrons. The Hall–Kier alpha value is -1.92. The molecule has 1 N–H and O–H groups in total. The molecule has 164 valence electrons. The third-order valence-corrected chi connectivity index (χ3v) is 7.68. The minimum Gasteiger partial charge on any atom is -0.349 e. The van der Waals surface area contributed by atoms with Gasteiger partial charge >= 0.3 is 0 Å². The Balaban J connectivity index is 1.36. The van der Waals surface area contributed by atoms with Gasteiger partial charge in [0.2, 0.25) is 11.8 Å². The number of carbonyl (C=O) groups is 2. The topological polar surface area (TPSA) is 55.9 Å². The maximum atomic E-state index is 12.9. The Bertz CT molecular complexity index is 779. The summed E-state index contributed by atoms with van der Waals surface area (Å²) in [6, 6.07) is 9.08. The monoisotopic (exact) mass is 412 g/mol. The van der Waals surface area contributed by atoms with Crippen molar-refractivity contribution >= 4 is 11.8 Å². The van der Waals surface area contributed by atoms with Gasteiger partial charge in [0.1, 0.15) is 0 Å². The molecule has 6 nitrogen and oxygen atoms in total. The lowest BCUT2D eigenvalue weighted by Gasteiger charge is -2.41. The van der Waals surface area contributed by atoms with Gasteiger partial charge < -0.3 is 15.1 Å². The molecular formula is C24H36N4O2. The Morgan fingerprint density at radius 3 is 2.47 bits per heavy atom. The Morgan fingerprint density at radius 1 is 1.13 bits per heavy atom. The van der Waals surface area contributed by atoms with Crippen LogP contribution in [-0.4, -0.2) is 79.4 Å². The van der Waals surface area contributed by atoms with Crippen LogP contribution in [0.2, 0.25) is 0 Å². The van der Waals surface area contributed by atoms with Crippen molar-refractivity contribution in [3.8, 4) is 0 Å². The SMILES string of the molecule is CC(=O)N[C@H]1CC2(CCN(CC(=O)N(C)C3CCN(C)CC3)CC2)c2ccccc21. The van der Waals surface area contributed by atoms with Gasteiger partial charge in [-0.3, -0.25) is 14.5 Å². The van der Waals surface area contributed by atoms with Crippen molar-refractivity contribution in [1.29, 1.82) is 0 Å². The summed E-state index contributed by atoms with van der Waals surface area (Å²) in [6.07, 6.45) is 5.21. The number of piperidine rings is 2. The van der Waals surface area contributed by atoms with Crippen LogP contribution in [0.5, 0.6) is 0 Å². The third-order valence-electron chi connectivity index (χ3n) is 7.68. The first-order valence-electron chi connectivity index (χ1n) is 11.4. The molecule has 2 aliphatic heterocycles. The van der Waals surface area contributed by atoms with Crippen molar-refractivity contribution in [2.75, 3.05) is 46.8 Å². The van der Waals surface area contributed by atoms with Gasteiger partial charge in [0.15, 0.2) is 0 Å². The predicted octanol–water partition coefficient (Wildman–Crippen LogP) is 2.15. The molecule has 6 heteroatoms. The fourth-order valence-corrected chi connectivity index (χ4v) is 5.77. The summed E-state index contributed by atoms with van der Waals surface area (Å²) < 4.78 is 0. The van der Waals surface area contributed by atoms with Crippen LogP contribution in [0.4, 0.5) is 0 Å². The lowest BCUT2D eigenvalue weighted by atomic mass is 9.73. The number of carbonyl (C=O) groups excluding carboxylic acids is 2. The highest BCUT2D eigenvalue weighted by Gasteiger charge is 2.45. The van der Waals surface area contributed by atoms with Gasteiger partial charge in [-0.25, -0.2) is 0 Å². The normalized spacial score (nSPS) is 24.6. The molecular weight excluding hydrogens is 376 g/mol. The second-order valence-corrected chi connectivity index (χ2v) is 9.64. The molecule has 0 aromatic heterocycles. The van der Waals surface area contributed by atoms with E-state index in [4.69, 9.17) is 0 Å². The fraction of sp³-hybridized carbons (Fsp3) is 0.667. The van der Waals surface area contributed by atoms with Crippen molar-refractivity contribution in [1.82, 2.24) is 20.0 Å². The quantitative estimate of drug-likeness (QED) is 0.823. The molecule has 1 aromatic carbocycles. The zero-order chi connectivity index (χ0) is 21.3. The second-order valence-electron chi connectivity index (χ2n) is 9.64. The van der Waals surface area contributed by atoms with E-state index >= 15 is 0 Å². The highest BCUT2D eigenvalue weighted by molar-refractivity contribution is 5.78.